The van der Waals surface area contributed by atoms with Crippen LogP contribution in [0.4, 0.5) is 5.00 Å². The largest absolute Gasteiger partial charge is 0.465 e. The molecule has 0 spiro atoms. The molecule has 0 unspecified atom stereocenters. The maximum absolute atomic E-state index is 12.6. The molecule has 9 heteroatoms. The van der Waals surface area contributed by atoms with Crippen molar-refractivity contribution in [2.45, 2.75) is 37.9 Å². The lowest BCUT2D eigenvalue weighted by Crippen LogP contribution is -2.30. The van der Waals surface area contributed by atoms with Crippen molar-refractivity contribution >= 4 is 51.1 Å². The van der Waals surface area contributed by atoms with Gasteiger partial charge in [-0.3, -0.25) is 19.5 Å². The van der Waals surface area contributed by atoms with Crippen molar-refractivity contribution in [3.63, 3.8) is 0 Å². The second kappa shape index (κ2) is 8.02. The Kier molecular flexibility index (Phi) is 5.90. The van der Waals surface area contributed by atoms with Crippen molar-refractivity contribution in [2.24, 2.45) is 10.9 Å². The Labute approximate surface area is 166 Å². The first-order chi connectivity index (χ1) is 12.8. The highest BCUT2D eigenvalue weighted by atomic mass is 32.2. The lowest BCUT2D eigenvalue weighted by Gasteiger charge is -2.18. The third kappa shape index (κ3) is 3.89. The summed E-state index contributed by atoms with van der Waals surface area (Å²) >= 11 is 2.73. The van der Waals surface area contributed by atoms with Gasteiger partial charge in [0.2, 0.25) is 11.8 Å². The Morgan fingerprint density at radius 3 is 2.78 bits per heavy atom. The fraction of sp³-hybridized carbons (Fsp3) is 0.556. The van der Waals surface area contributed by atoms with Gasteiger partial charge >= 0.3 is 5.97 Å². The molecule has 3 rings (SSSR count). The van der Waals surface area contributed by atoms with E-state index >= 15 is 0 Å². The van der Waals surface area contributed by atoms with Gasteiger partial charge in [0.1, 0.15) is 10.3 Å². The Bertz CT molecular complexity index is 818. The van der Waals surface area contributed by atoms with Crippen LogP contribution >= 0.6 is 23.1 Å². The highest BCUT2D eigenvalue weighted by Gasteiger charge is 2.37. The van der Waals surface area contributed by atoms with Crippen molar-refractivity contribution in [3.8, 4) is 0 Å². The molecule has 146 valence electrons. The molecular formula is C18H23N3O4S2. The van der Waals surface area contributed by atoms with Gasteiger partial charge in [0.25, 0.3) is 0 Å². The number of amides is 2. The van der Waals surface area contributed by atoms with Crippen LogP contribution in [0, 0.1) is 5.92 Å². The summed E-state index contributed by atoms with van der Waals surface area (Å²) in [5.74, 6) is -0.296. The topological polar surface area (TPSA) is 88.1 Å². The molecule has 1 aliphatic carbocycles. The summed E-state index contributed by atoms with van der Waals surface area (Å²) in [7, 11) is 4.62. The molecule has 0 radical (unpaired) electrons. The highest BCUT2D eigenvalue weighted by molar-refractivity contribution is 8.15. The first-order valence-corrected chi connectivity index (χ1v) is 10.5. The Morgan fingerprint density at radius 2 is 2.15 bits per heavy atom. The number of fused-ring (bicyclic) bond motifs is 1. The molecule has 0 aromatic carbocycles. The standard InChI is InChI=1S/C18H23N3O4S2/c1-9-5-6-10-11(7-9)26-15(14(10)17(24)25-4)20-13(22)8-12-16(23)21(3)18(19-2)27-12/h9,12H,5-8H2,1-4H3,(H,20,22)/t9-,12+/m0/s1. The van der Waals surface area contributed by atoms with E-state index in [1.165, 1.54) is 35.1 Å². The first-order valence-electron chi connectivity index (χ1n) is 8.79. The van der Waals surface area contributed by atoms with Gasteiger partial charge in [-0.2, -0.15) is 0 Å². The summed E-state index contributed by atoms with van der Waals surface area (Å²) in [6, 6.07) is 0. The molecule has 2 atom stereocenters. The van der Waals surface area contributed by atoms with Crippen LogP contribution in [0.3, 0.4) is 0 Å². The van der Waals surface area contributed by atoms with Crippen LogP contribution in [0.25, 0.3) is 0 Å². The summed E-state index contributed by atoms with van der Waals surface area (Å²) in [5, 5.41) is 3.48. The number of hydrogen-bond donors (Lipinski definition) is 1. The van der Waals surface area contributed by atoms with Crippen LogP contribution in [0.1, 0.15) is 40.6 Å². The van der Waals surface area contributed by atoms with E-state index < -0.39 is 11.2 Å². The molecule has 1 aromatic rings. The SMILES string of the molecule is CN=C1S[C@H](CC(=O)Nc2sc3c(c2C(=O)OC)CC[C@H](C)C3)C(=O)N1C. The van der Waals surface area contributed by atoms with E-state index in [1.807, 2.05) is 0 Å². The lowest BCUT2D eigenvalue weighted by molar-refractivity contribution is -0.127. The number of carbonyl (C=O) groups excluding carboxylic acids is 3. The smallest absolute Gasteiger partial charge is 0.341 e. The number of anilines is 1. The van der Waals surface area contributed by atoms with E-state index in [2.05, 4.69) is 17.2 Å². The number of aliphatic imine (C=N–C) groups is 1. The molecule has 2 heterocycles. The maximum atomic E-state index is 12.6. The van der Waals surface area contributed by atoms with Gasteiger partial charge in [0.05, 0.1) is 12.7 Å². The number of amidine groups is 1. The molecule has 1 saturated heterocycles. The van der Waals surface area contributed by atoms with Crippen LogP contribution in [0.2, 0.25) is 0 Å². The Balaban J connectivity index is 1.78. The normalized spacial score (nSPS) is 23.5. The van der Waals surface area contributed by atoms with Crippen molar-refractivity contribution in [3.05, 3.63) is 16.0 Å². The van der Waals surface area contributed by atoms with Gasteiger partial charge in [-0.05, 0) is 30.7 Å². The summed E-state index contributed by atoms with van der Waals surface area (Å²) in [5.41, 5.74) is 1.46. The third-order valence-electron chi connectivity index (χ3n) is 4.86. The first kappa shape index (κ1) is 19.9. The Hall–Kier alpha value is -1.87. The molecule has 7 nitrogen and oxygen atoms in total. The van der Waals surface area contributed by atoms with Crippen LogP contribution in [-0.4, -0.2) is 54.3 Å². The molecule has 1 N–H and O–H groups in total. The van der Waals surface area contributed by atoms with E-state index in [9.17, 15) is 14.4 Å². The number of thiophene rings is 1. The summed E-state index contributed by atoms with van der Waals surface area (Å²) in [6.45, 7) is 2.19. The monoisotopic (exact) mass is 409 g/mol. The Morgan fingerprint density at radius 1 is 1.41 bits per heavy atom. The fourth-order valence-corrected chi connectivity index (χ4v) is 5.92. The van der Waals surface area contributed by atoms with Gasteiger partial charge < -0.3 is 10.1 Å². The maximum Gasteiger partial charge on any atom is 0.341 e. The number of esters is 1. The fourth-order valence-electron chi connectivity index (χ4n) is 3.40. The van der Waals surface area contributed by atoms with E-state index in [0.29, 0.717) is 21.7 Å². The number of methoxy groups -OCH3 is 1. The lowest BCUT2D eigenvalue weighted by atomic mass is 9.88. The van der Waals surface area contributed by atoms with Crippen LogP contribution < -0.4 is 5.32 Å². The minimum Gasteiger partial charge on any atom is -0.465 e. The molecule has 2 aliphatic rings. The third-order valence-corrected chi connectivity index (χ3v) is 7.35. The quantitative estimate of drug-likeness (QED) is 0.772. The van der Waals surface area contributed by atoms with Gasteiger partial charge in [0, 0.05) is 25.4 Å². The summed E-state index contributed by atoms with van der Waals surface area (Å²) in [6.07, 6.45) is 2.76. The zero-order valence-corrected chi connectivity index (χ0v) is 17.5. The summed E-state index contributed by atoms with van der Waals surface area (Å²) < 4.78 is 4.94. The second-order valence-electron chi connectivity index (χ2n) is 6.81. The van der Waals surface area contributed by atoms with Gasteiger partial charge in [-0.15, -0.1) is 11.3 Å². The number of hydrogen-bond acceptors (Lipinski definition) is 7. The predicted octanol–water partition coefficient (Wildman–Crippen LogP) is 2.55. The minimum absolute atomic E-state index is 0.0342. The van der Waals surface area contributed by atoms with Crippen LogP contribution in [0.5, 0.6) is 0 Å². The molecular weight excluding hydrogens is 386 g/mol. The number of thioether (sulfide) groups is 1. The molecule has 0 bridgehead atoms. The molecule has 1 aromatic heterocycles. The number of carbonyl (C=O) groups is 3. The van der Waals surface area contributed by atoms with Crippen molar-refractivity contribution < 1.29 is 19.1 Å². The van der Waals surface area contributed by atoms with E-state index in [4.69, 9.17) is 4.74 Å². The van der Waals surface area contributed by atoms with E-state index in [-0.39, 0.29) is 18.2 Å². The zero-order valence-electron chi connectivity index (χ0n) is 15.8. The van der Waals surface area contributed by atoms with Crippen molar-refractivity contribution in [1.29, 1.82) is 0 Å². The molecule has 0 saturated carbocycles. The van der Waals surface area contributed by atoms with Crippen molar-refractivity contribution in [1.82, 2.24) is 4.90 Å². The number of ether oxygens (including phenoxy) is 1. The average molecular weight is 410 g/mol. The summed E-state index contributed by atoms with van der Waals surface area (Å²) in [4.78, 5) is 43.8. The molecule has 1 aliphatic heterocycles. The predicted molar refractivity (Wildman–Crippen MR) is 108 cm³/mol. The molecule has 2 amide bonds. The zero-order chi connectivity index (χ0) is 19.7. The highest BCUT2D eigenvalue weighted by Crippen LogP contribution is 2.40. The van der Waals surface area contributed by atoms with Crippen LogP contribution in [0.15, 0.2) is 4.99 Å². The van der Waals surface area contributed by atoms with E-state index in [1.54, 1.807) is 14.1 Å². The van der Waals surface area contributed by atoms with Crippen molar-refractivity contribution in [2.75, 3.05) is 26.5 Å². The van der Waals surface area contributed by atoms with Gasteiger partial charge in [-0.25, -0.2) is 4.79 Å². The molecule has 1 fully saturated rings. The molecule has 27 heavy (non-hydrogen) atoms. The van der Waals surface area contributed by atoms with Gasteiger partial charge in [-0.1, -0.05) is 18.7 Å². The number of nitrogens with zero attached hydrogens (tertiary/aromatic N) is 2. The van der Waals surface area contributed by atoms with E-state index in [0.717, 1.165) is 29.7 Å². The number of rotatable bonds is 4. The minimum atomic E-state index is -0.495. The van der Waals surface area contributed by atoms with Gasteiger partial charge in [0.15, 0.2) is 5.17 Å². The number of nitrogens with one attached hydrogen (secondary N) is 1. The van der Waals surface area contributed by atoms with Crippen LogP contribution in [-0.2, 0) is 27.2 Å². The average Bonchev–Trinajstić information content (AvgIpc) is 3.12. The second-order valence-corrected chi connectivity index (χ2v) is 9.08.